The first kappa shape index (κ1) is 12.3. The normalized spacial score (nSPS) is 17.4. The quantitative estimate of drug-likeness (QED) is 0.777. The number of hydrogen-bond donors (Lipinski definition) is 0. The number of ether oxygens (including phenoxy) is 1. The summed E-state index contributed by atoms with van der Waals surface area (Å²) >= 11 is 3.51. The zero-order chi connectivity index (χ0) is 13.5. The van der Waals surface area contributed by atoms with Crippen LogP contribution in [-0.2, 0) is 6.42 Å². The van der Waals surface area contributed by atoms with E-state index in [1.165, 1.54) is 18.4 Å². The monoisotopic (exact) mass is 330 g/mol. The molecule has 0 spiro atoms. The smallest absolute Gasteiger partial charge is 0.133 e. The van der Waals surface area contributed by atoms with E-state index in [0.717, 1.165) is 46.9 Å². The van der Waals surface area contributed by atoms with Crippen LogP contribution in [0.3, 0.4) is 0 Å². The molecule has 0 saturated heterocycles. The second-order valence-corrected chi connectivity index (χ2v) is 6.27. The average Bonchev–Trinajstić information content (AvgIpc) is 3.30. The van der Waals surface area contributed by atoms with Gasteiger partial charge in [0.05, 0.1) is 12.3 Å². The van der Waals surface area contributed by atoms with Gasteiger partial charge in [0.1, 0.15) is 16.2 Å². The fourth-order valence-corrected chi connectivity index (χ4v) is 3.09. The third kappa shape index (κ3) is 2.22. The summed E-state index contributed by atoms with van der Waals surface area (Å²) in [5.74, 6) is 2.51. The van der Waals surface area contributed by atoms with Gasteiger partial charge in [-0.05, 0) is 59.3 Å². The molecule has 0 radical (unpaired) electrons. The maximum Gasteiger partial charge on any atom is 0.133 e. The van der Waals surface area contributed by atoms with E-state index in [2.05, 4.69) is 39.1 Å². The Kier molecular flexibility index (Phi) is 2.99. The first-order valence-corrected chi connectivity index (χ1v) is 7.90. The van der Waals surface area contributed by atoms with Gasteiger partial charge in [0.2, 0.25) is 0 Å². The zero-order valence-corrected chi connectivity index (χ0v) is 12.7. The molecule has 2 aromatic rings. The zero-order valence-electron chi connectivity index (χ0n) is 11.1. The summed E-state index contributed by atoms with van der Waals surface area (Å²) in [7, 11) is 0. The Morgan fingerprint density at radius 2 is 2.10 bits per heavy atom. The summed E-state index contributed by atoms with van der Waals surface area (Å²) in [5.41, 5.74) is 3.34. The van der Waals surface area contributed by atoms with Gasteiger partial charge in [0, 0.05) is 11.5 Å². The van der Waals surface area contributed by atoms with E-state index in [-0.39, 0.29) is 0 Å². The van der Waals surface area contributed by atoms with Crippen LogP contribution >= 0.6 is 15.9 Å². The lowest BCUT2D eigenvalue weighted by Crippen LogP contribution is -2.09. The van der Waals surface area contributed by atoms with Crippen molar-refractivity contribution in [3.8, 4) is 17.0 Å². The average molecular weight is 331 g/mol. The molecule has 1 saturated carbocycles. The Morgan fingerprint density at radius 1 is 1.20 bits per heavy atom. The van der Waals surface area contributed by atoms with E-state index >= 15 is 0 Å². The number of nitrogens with zero attached hydrogens (tertiary/aromatic N) is 2. The van der Waals surface area contributed by atoms with Crippen LogP contribution in [0.25, 0.3) is 11.3 Å². The van der Waals surface area contributed by atoms with Crippen LogP contribution in [-0.4, -0.2) is 16.6 Å². The van der Waals surface area contributed by atoms with E-state index in [1.807, 2.05) is 6.07 Å². The van der Waals surface area contributed by atoms with E-state index in [0.29, 0.717) is 5.92 Å². The standard InChI is InChI=1S/C16H15BrN2O/c17-14-9-13(18-16(19-14)11-6-7-11)12-5-1-3-10-4-2-8-20-15(10)12/h1,3,5,9,11H,2,4,6-8H2. The molecule has 2 aliphatic rings. The summed E-state index contributed by atoms with van der Waals surface area (Å²) in [6, 6.07) is 8.32. The molecule has 102 valence electrons. The molecule has 1 aliphatic carbocycles. The predicted octanol–water partition coefficient (Wildman–Crippen LogP) is 4.11. The van der Waals surface area contributed by atoms with Crippen molar-refractivity contribution in [3.63, 3.8) is 0 Å². The molecule has 0 unspecified atom stereocenters. The van der Waals surface area contributed by atoms with Crippen molar-refractivity contribution in [3.05, 3.63) is 40.3 Å². The molecule has 0 amide bonds. The van der Waals surface area contributed by atoms with Crippen molar-refractivity contribution in [2.24, 2.45) is 0 Å². The molecular formula is C16H15BrN2O. The highest BCUT2D eigenvalue weighted by atomic mass is 79.9. The summed E-state index contributed by atoms with van der Waals surface area (Å²) in [4.78, 5) is 9.25. The summed E-state index contributed by atoms with van der Waals surface area (Å²) in [6.07, 6.45) is 4.60. The molecule has 20 heavy (non-hydrogen) atoms. The minimum atomic E-state index is 0.548. The minimum Gasteiger partial charge on any atom is -0.493 e. The summed E-state index contributed by atoms with van der Waals surface area (Å²) in [6.45, 7) is 0.797. The number of rotatable bonds is 2. The molecule has 1 aromatic carbocycles. The Morgan fingerprint density at radius 3 is 2.95 bits per heavy atom. The highest BCUT2D eigenvalue weighted by Gasteiger charge is 2.28. The van der Waals surface area contributed by atoms with Crippen LogP contribution in [0.5, 0.6) is 5.75 Å². The minimum absolute atomic E-state index is 0.548. The number of fused-ring (bicyclic) bond motifs is 1. The Balaban J connectivity index is 1.84. The maximum atomic E-state index is 5.89. The van der Waals surface area contributed by atoms with E-state index in [9.17, 15) is 0 Å². The maximum absolute atomic E-state index is 5.89. The summed E-state index contributed by atoms with van der Waals surface area (Å²) < 4.78 is 6.75. The van der Waals surface area contributed by atoms with Crippen LogP contribution in [0.2, 0.25) is 0 Å². The van der Waals surface area contributed by atoms with Crippen molar-refractivity contribution >= 4 is 15.9 Å². The van der Waals surface area contributed by atoms with E-state index in [4.69, 9.17) is 9.72 Å². The van der Waals surface area contributed by atoms with Gasteiger partial charge < -0.3 is 4.74 Å². The number of aryl methyl sites for hydroxylation is 1. The van der Waals surface area contributed by atoms with Crippen LogP contribution in [0.1, 0.15) is 36.6 Å². The third-order valence-corrected chi connectivity index (χ3v) is 4.27. The SMILES string of the molecule is Brc1cc(-c2cccc3c2OCCC3)nc(C2CC2)n1. The van der Waals surface area contributed by atoms with Gasteiger partial charge >= 0.3 is 0 Å². The molecule has 3 nitrogen and oxygen atoms in total. The third-order valence-electron chi connectivity index (χ3n) is 3.86. The molecule has 0 atom stereocenters. The van der Waals surface area contributed by atoms with Crippen LogP contribution in [0, 0.1) is 0 Å². The molecule has 4 rings (SSSR count). The molecule has 0 bridgehead atoms. The molecule has 1 aromatic heterocycles. The van der Waals surface area contributed by atoms with Gasteiger partial charge in [-0.25, -0.2) is 9.97 Å². The van der Waals surface area contributed by atoms with E-state index in [1.54, 1.807) is 0 Å². The van der Waals surface area contributed by atoms with Gasteiger partial charge in [0.15, 0.2) is 0 Å². The largest absolute Gasteiger partial charge is 0.493 e. The highest BCUT2D eigenvalue weighted by molar-refractivity contribution is 9.10. The fourth-order valence-electron chi connectivity index (χ4n) is 2.69. The lowest BCUT2D eigenvalue weighted by Gasteiger charge is -2.20. The molecule has 1 fully saturated rings. The summed E-state index contributed by atoms with van der Waals surface area (Å²) in [5, 5.41) is 0. The molecule has 4 heteroatoms. The Hall–Kier alpha value is -1.42. The number of para-hydroxylation sites is 1. The molecule has 1 aliphatic heterocycles. The predicted molar refractivity (Wildman–Crippen MR) is 81.0 cm³/mol. The Labute approximate surface area is 126 Å². The van der Waals surface area contributed by atoms with Crippen molar-refractivity contribution < 1.29 is 4.74 Å². The van der Waals surface area contributed by atoms with Crippen molar-refractivity contribution in [2.75, 3.05) is 6.61 Å². The topological polar surface area (TPSA) is 35.0 Å². The van der Waals surface area contributed by atoms with Crippen molar-refractivity contribution in [1.29, 1.82) is 0 Å². The first-order valence-electron chi connectivity index (χ1n) is 7.11. The first-order chi connectivity index (χ1) is 9.81. The van der Waals surface area contributed by atoms with Crippen LogP contribution in [0.4, 0.5) is 0 Å². The number of benzene rings is 1. The lowest BCUT2D eigenvalue weighted by atomic mass is 10.0. The van der Waals surface area contributed by atoms with Crippen LogP contribution < -0.4 is 4.74 Å². The van der Waals surface area contributed by atoms with Gasteiger partial charge in [-0.15, -0.1) is 0 Å². The number of halogens is 1. The van der Waals surface area contributed by atoms with E-state index < -0.39 is 0 Å². The Bertz CT molecular complexity index is 668. The van der Waals surface area contributed by atoms with Gasteiger partial charge in [0.25, 0.3) is 0 Å². The van der Waals surface area contributed by atoms with Gasteiger partial charge in [-0.3, -0.25) is 0 Å². The number of aromatic nitrogens is 2. The lowest BCUT2D eigenvalue weighted by molar-refractivity contribution is 0.289. The second-order valence-electron chi connectivity index (χ2n) is 5.45. The highest BCUT2D eigenvalue weighted by Crippen LogP contribution is 2.41. The molecule has 0 N–H and O–H groups in total. The molecule has 2 heterocycles. The van der Waals surface area contributed by atoms with Gasteiger partial charge in [-0.1, -0.05) is 12.1 Å². The second kappa shape index (κ2) is 4.85. The van der Waals surface area contributed by atoms with Gasteiger partial charge in [-0.2, -0.15) is 0 Å². The number of hydrogen-bond acceptors (Lipinski definition) is 3. The molecular weight excluding hydrogens is 316 g/mol. The van der Waals surface area contributed by atoms with Crippen LogP contribution in [0.15, 0.2) is 28.9 Å². The van der Waals surface area contributed by atoms with Crippen molar-refractivity contribution in [2.45, 2.75) is 31.6 Å². The fraction of sp³-hybridized carbons (Fsp3) is 0.375. The van der Waals surface area contributed by atoms with Crippen molar-refractivity contribution in [1.82, 2.24) is 9.97 Å².